The van der Waals surface area contributed by atoms with E-state index in [1.807, 2.05) is 23.1 Å². The van der Waals surface area contributed by atoms with Crippen LogP contribution < -0.4 is 10.4 Å². The molecule has 0 saturated carbocycles. The number of nitrogens with zero attached hydrogens (tertiary/aromatic N) is 1. The Morgan fingerprint density at radius 1 is 1.10 bits per heavy atom. The van der Waals surface area contributed by atoms with Gasteiger partial charge >= 0.3 is 5.63 Å². The highest BCUT2D eigenvalue weighted by Gasteiger charge is 2.44. The molecule has 1 aromatic carbocycles. The Morgan fingerprint density at radius 3 is 2.45 bits per heavy atom. The Morgan fingerprint density at radius 2 is 1.79 bits per heavy atom. The van der Waals surface area contributed by atoms with Crippen LogP contribution in [0.4, 0.5) is 0 Å². The number of carbonyl (C=O) groups is 1. The third-order valence-electron chi connectivity index (χ3n) is 5.98. The maximum Gasteiger partial charge on any atom is 0.339 e. The van der Waals surface area contributed by atoms with Crippen molar-refractivity contribution in [3.63, 3.8) is 0 Å². The maximum absolute atomic E-state index is 13.6. The van der Waals surface area contributed by atoms with Crippen LogP contribution in [-0.2, 0) is 14.9 Å². The lowest BCUT2D eigenvalue weighted by molar-refractivity contribution is -0.143. The van der Waals surface area contributed by atoms with Crippen LogP contribution in [0.25, 0.3) is 0 Å². The van der Waals surface area contributed by atoms with Gasteiger partial charge in [0.2, 0.25) is 5.91 Å². The Hall–Kier alpha value is -2.60. The number of hydrogen-bond acceptors (Lipinski definition) is 5. The van der Waals surface area contributed by atoms with Gasteiger partial charge in [0.05, 0.1) is 11.5 Å². The zero-order valence-corrected chi connectivity index (χ0v) is 16.8. The lowest BCUT2D eigenvalue weighted by atomic mass is 9.72. The minimum absolute atomic E-state index is 0.0115. The van der Waals surface area contributed by atoms with Crippen LogP contribution in [0, 0.1) is 6.92 Å². The second-order valence-corrected chi connectivity index (χ2v) is 7.89. The standard InChI is InChI=1S/C23H27NO5/c1-17-15-20(16-21(25)28-17)29-19-7-11-24(12-8-19)22(26)23(9-13-27-14-10-23)18-5-3-2-4-6-18/h2-6,15-16,19H,7-14H2,1H3. The van der Waals surface area contributed by atoms with E-state index in [4.69, 9.17) is 13.9 Å². The van der Waals surface area contributed by atoms with Gasteiger partial charge in [-0.25, -0.2) is 4.79 Å². The van der Waals surface area contributed by atoms with Crippen molar-refractivity contribution in [1.29, 1.82) is 0 Å². The zero-order valence-electron chi connectivity index (χ0n) is 16.8. The van der Waals surface area contributed by atoms with E-state index in [2.05, 4.69) is 12.1 Å². The topological polar surface area (TPSA) is 69.0 Å². The van der Waals surface area contributed by atoms with E-state index < -0.39 is 11.0 Å². The highest BCUT2D eigenvalue weighted by molar-refractivity contribution is 5.88. The molecule has 154 valence electrons. The minimum atomic E-state index is -0.497. The predicted molar refractivity (Wildman–Crippen MR) is 108 cm³/mol. The molecular formula is C23H27NO5. The summed E-state index contributed by atoms with van der Waals surface area (Å²) < 4.78 is 16.5. The fourth-order valence-corrected chi connectivity index (χ4v) is 4.42. The summed E-state index contributed by atoms with van der Waals surface area (Å²) in [7, 11) is 0. The molecule has 2 fully saturated rings. The Labute approximate surface area is 170 Å². The van der Waals surface area contributed by atoms with Gasteiger partial charge in [-0.2, -0.15) is 0 Å². The number of amides is 1. The van der Waals surface area contributed by atoms with Crippen LogP contribution in [0.3, 0.4) is 0 Å². The van der Waals surface area contributed by atoms with Crippen molar-refractivity contribution >= 4 is 5.91 Å². The van der Waals surface area contributed by atoms with E-state index in [-0.39, 0.29) is 12.0 Å². The minimum Gasteiger partial charge on any atom is -0.490 e. The molecule has 2 aliphatic heterocycles. The first-order valence-corrected chi connectivity index (χ1v) is 10.3. The van der Waals surface area contributed by atoms with E-state index in [9.17, 15) is 9.59 Å². The Bertz CT molecular complexity index is 893. The number of rotatable bonds is 4. The van der Waals surface area contributed by atoms with E-state index in [0.717, 1.165) is 18.4 Å². The van der Waals surface area contributed by atoms with Crippen molar-refractivity contribution in [2.45, 2.75) is 44.1 Å². The lowest BCUT2D eigenvalue weighted by Crippen LogP contribution is -2.53. The summed E-state index contributed by atoms with van der Waals surface area (Å²) in [6.07, 6.45) is 2.90. The SMILES string of the molecule is Cc1cc(OC2CCN(C(=O)C3(c4ccccc4)CCOCC3)CC2)cc(=O)o1. The number of benzene rings is 1. The smallest absolute Gasteiger partial charge is 0.339 e. The highest BCUT2D eigenvalue weighted by atomic mass is 16.5. The van der Waals surface area contributed by atoms with Crippen molar-refractivity contribution in [2.24, 2.45) is 0 Å². The number of ether oxygens (including phenoxy) is 2. The second kappa shape index (κ2) is 8.41. The fraction of sp³-hybridized carbons (Fsp3) is 0.478. The van der Waals surface area contributed by atoms with Crippen LogP contribution in [0.1, 0.15) is 37.0 Å². The van der Waals surface area contributed by atoms with Gasteiger partial charge in [-0.15, -0.1) is 0 Å². The molecular weight excluding hydrogens is 370 g/mol. The summed E-state index contributed by atoms with van der Waals surface area (Å²) in [6, 6.07) is 13.2. The molecule has 6 nitrogen and oxygen atoms in total. The summed E-state index contributed by atoms with van der Waals surface area (Å²) in [5, 5.41) is 0. The molecule has 0 N–H and O–H groups in total. The summed E-state index contributed by atoms with van der Waals surface area (Å²) >= 11 is 0. The van der Waals surface area contributed by atoms with Crippen LogP contribution in [-0.4, -0.2) is 43.2 Å². The summed E-state index contributed by atoms with van der Waals surface area (Å²) in [5.74, 6) is 1.26. The van der Waals surface area contributed by atoms with Crippen molar-refractivity contribution in [1.82, 2.24) is 4.90 Å². The fourth-order valence-electron chi connectivity index (χ4n) is 4.42. The molecule has 29 heavy (non-hydrogen) atoms. The first kappa shape index (κ1) is 19.7. The van der Waals surface area contributed by atoms with E-state index in [1.165, 1.54) is 6.07 Å². The average molecular weight is 397 g/mol. The number of carbonyl (C=O) groups excluding carboxylic acids is 1. The van der Waals surface area contributed by atoms with Crippen molar-refractivity contribution in [3.05, 3.63) is 64.2 Å². The molecule has 4 rings (SSSR count). The summed E-state index contributed by atoms with van der Waals surface area (Å²) in [6.45, 7) is 4.25. The lowest BCUT2D eigenvalue weighted by Gasteiger charge is -2.42. The zero-order chi connectivity index (χ0) is 20.3. The Balaban J connectivity index is 1.44. The maximum atomic E-state index is 13.6. The van der Waals surface area contributed by atoms with Crippen LogP contribution in [0.2, 0.25) is 0 Å². The van der Waals surface area contributed by atoms with Gasteiger partial charge in [0, 0.05) is 45.2 Å². The molecule has 3 heterocycles. The molecule has 1 aromatic heterocycles. The van der Waals surface area contributed by atoms with Crippen molar-refractivity contribution in [2.75, 3.05) is 26.3 Å². The van der Waals surface area contributed by atoms with Gasteiger partial charge in [-0.3, -0.25) is 4.79 Å². The molecule has 0 atom stereocenters. The third-order valence-corrected chi connectivity index (χ3v) is 5.98. The first-order valence-electron chi connectivity index (χ1n) is 10.3. The summed E-state index contributed by atoms with van der Waals surface area (Å²) in [4.78, 5) is 27.1. The van der Waals surface area contributed by atoms with Gasteiger partial charge < -0.3 is 18.8 Å². The second-order valence-electron chi connectivity index (χ2n) is 7.89. The van der Waals surface area contributed by atoms with Crippen LogP contribution in [0.15, 0.2) is 51.7 Å². The predicted octanol–water partition coefficient (Wildman–Crippen LogP) is 3.07. The molecule has 2 aliphatic rings. The van der Waals surface area contributed by atoms with E-state index >= 15 is 0 Å². The molecule has 0 unspecified atom stereocenters. The average Bonchev–Trinajstić information content (AvgIpc) is 2.74. The number of aryl methyl sites for hydroxylation is 1. The van der Waals surface area contributed by atoms with Gasteiger partial charge in [0.15, 0.2) is 0 Å². The van der Waals surface area contributed by atoms with Gasteiger partial charge in [-0.1, -0.05) is 30.3 Å². The molecule has 0 bridgehead atoms. The van der Waals surface area contributed by atoms with Crippen molar-refractivity contribution in [3.8, 4) is 5.75 Å². The van der Waals surface area contributed by atoms with Gasteiger partial charge in [0.25, 0.3) is 0 Å². The molecule has 0 aliphatic carbocycles. The molecule has 2 saturated heterocycles. The van der Waals surface area contributed by atoms with Gasteiger partial charge in [-0.05, 0) is 25.3 Å². The number of piperidine rings is 1. The van der Waals surface area contributed by atoms with Crippen LogP contribution in [0.5, 0.6) is 5.75 Å². The largest absolute Gasteiger partial charge is 0.490 e. The Kier molecular flexibility index (Phi) is 5.72. The van der Waals surface area contributed by atoms with E-state index in [1.54, 1.807) is 13.0 Å². The first-order chi connectivity index (χ1) is 14.1. The number of hydrogen-bond donors (Lipinski definition) is 0. The van der Waals surface area contributed by atoms with E-state index in [0.29, 0.717) is 50.7 Å². The number of likely N-dealkylation sites (tertiary alicyclic amines) is 1. The normalized spacial score (nSPS) is 19.7. The molecule has 6 heteroatoms. The molecule has 0 spiro atoms. The molecule has 1 amide bonds. The quantitative estimate of drug-likeness (QED) is 0.793. The molecule has 0 radical (unpaired) electrons. The molecule has 2 aromatic rings. The van der Waals surface area contributed by atoms with Crippen LogP contribution >= 0.6 is 0 Å². The van der Waals surface area contributed by atoms with Gasteiger partial charge in [0.1, 0.15) is 17.6 Å². The summed E-state index contributed by atoms with van der Waals surface area (Å²) in [5.41, 5.74) is 0.179. The third kappa shape index (κ3) is 4.22. The monoisotopic (exact) mass is 397 g/mol. The highest BCUT2D eigenvalue weighted by Crippen LogP contribution is 2.37. The van der Waals surface area contributed by atoms with Crippen molar-refractivity contribution < 1.29 is 18.7 Å².